The molecule has 114 valence electrons. The van der Waals surface area contributed by atoms with Gasteiger partial charge >= 0.3 is 0 Å². The Kier molecular flexibility index (Phi) is 5.43. The SMILES string of the molecule is CN=C(NCC(C)(C)Cc1ccccc1)NC1CC=CC1. The summed E-state index contributed by atoms with van der Waals surface area (Å²) in [6.45, 7) is 5.48. The molecule has 1 aliphatic rings. The highest BCUT2D eigenvalue weighted by molar-refractivity contribution is 5.80. The Morgan fingerprint density at radius 2 is 1.86 bits per heavy atom. The minimum atomic E-state index is 0.187. The summed E-state index contributed by atoms with van der Waals surface area (Å²) in [7, 11) is 1.84. The lowest BCUT2D eigenvalue weighted by molar-refractivity contribution is 0.358. The fourth-order valence-electron chi connectivity index (χ4n) is 2.66. The summed E-state index contributed by atoms with van der Waals surface area (Å²) in [4.78, 5) is 4.33. The van der Waals surface area contributed by atoms with Crippen LogP contribution >= 0.6 is 0 Å². The number of benzene rings is 1. The van der Waals surface area contributed by atoms with E-state index in [1.54, 1.807) is 0 Å². The van der Waals surface area contributed by atoms with Crippen LogP contribution in [0.4, 0.5) is 0 Å². The second-order valence-corrected chi connectivity index (χ2v) is 6.54. The lowest BCUT2D eigenvalue weighted by Gasteiger charge is -2.27. The van der Waals surface area contributed by atoms with Gasteiger partial charge in [0.2, 0.25) is 0 Å². The monoisotopic (exact) mass is 285 g/mol. The molecule has 0 aromatic heterocycles. The molecule has 0 saturated heterocycles. The van der Waals surface area contributed by atoms with Crippen molar-refractivity contribution < 1.29 is 0 Å². The van der Waals surface area contributed by atoms with Crippen LogP contribution in [-0.2, 0) is 6.42 Å². The van der Waals surface area contributed by atoms with E-state index in [1.807, 2.05) is 7.05 Å². The molecule has 21 heavy (non-hydrogen) atoms. The largest absolute Gasteiger partial charge is 0.356 e. The van der Waals surface area contributed by atoms with Crippen molar-refractivity contribution in [1.82, 2.24) is 10.6 Å². The zero-order valence-electron chi connectivity index (χ0n) is 13.4. The molecule has 3 nitrogen and oxygen atoms in total. The third-order valence-electron chi connectivity index (χ3n) is 3.83. The topological polar surface area (TPSA) is 36.4 Å². The van der Waals surface area contributed by atoms with Crippen molar-refractivity contribution in [3.8, 4) is 0 Å². The quantitative estimate of drug-likeness (QED) is 0.495. The van der Waals surface area contributed by atoms with E-state index in [9.17, 15) is 0 Å². The van der Waals surface area contributed by atoms with Gasteiger partial charge in [-0.2, -0.15) is 0 Å². The van der Waals surface area contributed by atoms with E-state index in [2.05, 4.69) is 72.0 Å². The average Bonchev–Trinajstić information content (AvgIpc) is 2.97. The van der Waals surface area contributed by atoms with Gasteiger partial charge in [0.15, 0.2) is 5.96 Å². The second kappa shape index (κ2) is 7.30. The van der Waals surface area contributed by atoms with Crippen LogP contribution in [0.1, 0.15) is 32.3 Å². The number of guanidine groups is 1. The van der Waals surface area contributed by atoms with Gasteiger partial charge < -0.3 is 10.6 Å². The van der Waals surface area contributed by atoms with Crippen molar-refractivity contribution in [1.29, 1.82) is 0 Å². The number of aliphatic imine (C=N–C) groups is 1. The van der Waals surface area contributed by atoms with Gasteiger partial charge in [0.1, 0.15) is 0 Å². The van der Waals surface area contributed by atoms with Crippen LogP contribution < -0.4 is 10.6 Å². The molecule has 0 amide bonds. The molecule has 0 spiro atoms. The van der Waals surface area contributed by atoms with E-state index in [4.69, 9.17) is 0 Å². The van der Waals surface area contributed by atoms with Crippen molar-refractivity contribution in [2.75, 3.05) is 13.6 Å². The third-order valence-corrected chi connectivity index (χ3v) is 3.83. The molecule has 1 aromatic rings. The molecular weight excluding hydrogens is 258 g/mol. The highest BCUT2D eigenvalue weighted by atomic mass is 15.2. The molecule has 0 saturated carbocycles. The molecule has 1 aromatic carbocycles. The van der Waals surface area contributed by atoms with Crippen LogP contribution in [0.5, 0.6) is 0 Å². The van der Waals surface area contributed by atoms with Crippen LogP contribution in [0.25, 0.3) is 0 Å². The van der Waals surface area contributed by atoms with E-state index < -0.39 is 0 Å². The van der Waals surface area contributed by atoms with Crippen molar-refractivity contribution in [2.45, 2.75) is 39.2 Å². The smallest absolute Gasteiger partial charge is 0.191 e. The van der Waals surface area contributed by atoms with Gasteiger partial charge in [-0.15, -0.1) is 0 Å². The fourth-order valence-corrected chi connectivity index (χ4v) is 2.66. The summed E-state index contributed by atoms with van der Waals surface area (Å²) in [5.41, 5.74) is 1.57. The van der Waals surface area contributed by atoms with Crippen LogP contribution in [0.3, 0.4) is 0 Å². The minimum absolute atomic E-state index is 0.187. The van der Waals surface area contributed by atoms with Gasteiger partial charge in [-0.3, -0.25) is 4.99 Å². The maximum absolute atomic E-state index is 4.33. The molecule has 0 unspecified atom stereocenters. The molecule has 2 rings (SSSR count). The Morgan fingerprint density at radius 3 is 2.48 bits per heavy atom. The van der Waals surface area contributed by atoms with Crippen LogP contribution in [0, 0.1) is 5.41 Å². The molecule has 3 heteroatoms. The molecule has 1 aliphatic carbocycles. The van der Waals surface area contributed by atoms with Gasteiger partial charge in [-0.05, 0) is 30.2 Å². The molecule has 0 bridgehead atoms. The van der Waals surface area contributed by atoms with Crippen LogP contribution in [-0.4, -0.2) is 25.6 Å². The molecule has 0 atom stereocenters. The minimum Gasteiger partial charge on any atom is -0.356 e. The van der Waals surface area contributed by atoms with Crippen molar-refractivity contribution in [3.05, 3.63) is 48.0 Å². The standard InChI is InChI=1S/C18H27N3/c1-18(2,13-15-9-5-4-6-10-15)14-20-17(19-3)21-16-11-7-8-12-16/h4-10,16H,11-14H2,1-3H3,(H2,19,20,21). The Hall–Kier alpha value is -1.77. The predicted molar refractivity (Wildman–Crippen MR) is 90.6 cm³/mol. The van der Waals surface area contributed by atoms with Gasteiger partial charge in [0.05, 0.1) is 0 Å². The first kappa shape index (κ1) is 15.6. The first-order valence-corrected chi connectivity index (χ1v) is 7.75. The molecular formula is C18H27N3. The molecule has 0 aliphatic heterocycles. The normalized spacial score (nSPS) is 16.2. The van der Waals surface area contributed by atoms with Crippen LogP contribution in [0.2, 0.25) is 0 Å². The summed E-state index contributed by atoms with van der Waals surface area (Å²) in [6.07, 6.45) is 7.69. The second-order valence-electron chi connectivity index (χ2n) is 6.54. The molecule has 0 radical (unpaired) electrons. The lowest BCUT2D eigenvalue weighted by Crippen LogP contribution is -2.46. The number of hydrogen-bond donors (Lipinski definition) is 2. The van der Waals surface area contributed by atoms with Gasteiger partial charge in [0.25, 0.3) is 0 Å². The maximum Gasteiger partial charge on any atom is 0.191 e. The number of nitrogens with one attached hydrogen (secondary N) is 2. The van der Waals surface area contributed by atoms with Crippen molar-refractivity contribution in [3.63, 3.8) is 0 Å². The lowest BCUT2D eigenvalue weighted by atomic mass is 9.86. The number of rotatable bonds is 5. The van der Waals surface area contributed by atoms with Crippen LogP contribution in [0.15, 0.2) is 47.5 Å². The highest BCUT2D eigenvalue weighted by Gasteiger charge is 2.20. The molecule has 2 N–H and O–H groups in total. The number of nitrogens with zero attached hydrogens (tertiary/aromatic N) is 1. The van der Waals surface area contributed by atoms with Gasteiger partial charge in [-0.1, -0.05) is 56.3 Å². The zero-order valence-corrected chi connectivity index (χ0v) is 13.4. The van der Waals surface area contributed by atoms with Crippen molar-refractivity contribution >= 4 is 5.96 Å². The Labute approximate surface area is 128 Å². The Balaban J connectivity index is 1.81. The number of hydrogen-bond acceptors (Lipinski definition) is 1. The maximum atomic E-state index is 4.33. The summed E-state index contributed by atoms with van der Waals surface area (Å²) < 4.78 is 0. The first-order chi connectivity index (χ1) is 10.1. The fraction of sp³-hybridized carbons (Fsp3) is 0.500. The van der Waals surface area contributed by atoms with Gasteiger partial charge in [-0.25, -0.2) is 0 Å². The zero-order chi connectivity index (χ0) is 15.1. The van der Waals surface area contributed by atoms with E-state index in [-0.39, 0.29) is 5.41 Å². The van der Waals surface area contributed by atoms with Gasteiger partial charge in [0, 0.05) is 19.6 Å². The Morgan fingerprint density at radius 1 is 1.19 bits per heavy atom. The third kappa shape index (κ3) is 5.25. The van der Waals surface area contributed by atoms with E-state index >= 15 is 0 Å². The summed E-state index contributed by atoms with van der Waals surface area (Å²) in [5, 5.41) is 6.95. The Bertz CT molecular complexity index is 480. The summed E-state index contributed by atoms with van der Waals surface area (Å²) in [5.74, 6) is 0.907. The molecule has 0 fully saturated rings. The predicted octanol–water partition coefficient (Wildman–Crippen LogP) is 3.14. The highest BCUT2D eigenvalue weighted by Crippen LogP contribution is 2.20. The summed E-state index contributed by atoms with van der Waals surface area (Å²) in [6, 6.07) is 11.2. The van der Waals surface area contributed by atoms with E-state index in [0.29, 0.717) is 6.04 Å². The van der Waals surface area contributed by atoms with E-state index in [1.165, 1.54) is 5.56 Å². The van der Waals surface area contributed by atoms with Crippen molar-refractivity contribution in [2.24, 2.45) is 10.4 Å². The average molecular weight is 285 g/mol. The first-order valence-electron chi connectivity index (χ1n) is 7.75. The summed E-state index contributed by atoms with van der Waals surface area (Å²) >= 11 is 0. The molecule has 0 heterocycles. The van der Waals surface area contributed by atoms with E-state index in [0.717, 1.165) is 31.8 Å².